The maximum absolute atomic E-state index is 13.4. The number of aryl methyl sites for hydroxylation is 1. The van der Waals surface area contributed by atoms with E-state index >= 15 is 0 Å². The van der Waals surface area contributed by atoms with Crippen LogP contribution >= 0.6 is 0 Å². The first-order valence-corrected chi connectivity index (χ1v) is 10.1. The summed E-state index contributed by atoms with van der Waals surface area (Å²) in [5, 5.41) is 0.450. The Morgan fingerprint density at radius 3 is 2.60 bits per heavy atom. The zero-order valence-corrected chi connectivity index (χ0v) is 16.7. The molecule has 0 aliphatic carbocycles. The number of hydrogen-bond donors (Lipinski definition) is 0. The first-order chi connectivity index (χ1) is 14.6. The number of morpholine rings is 1. The van der Waals surface area contributed by atoms with E-state index in [1.165, 1.54) is 0 Å². The zero-order chi connectivity index (χ0) is 20.7. The predicted octanol–water partition coefficient (Wildman–Crippen LogP) is 2.48. The standard InChI is InChI=1S/C23H22N4O3/c1-16-6-5-9-26-20(16)24-21-18(22(26)28)14-19(23(29)25-10-12-30-13-11-25)27(21)15-17-7-3-2-4-8-17/h2-9,14H,10-13,15H2,1H3. The number of carbonyl (C=O) groups is 1. The molecule has 0 bridgehead atoms. The summed E-state index contributed by atoms with van der Waals surface area (Å²) < 4.78 is 8.81. The van der Waals surface area contributed by atoms with Crippen LogP contribution in [0.2, 0.25) is 0 Å². The fourth-order valence-corrected chi connectivity index (χ4v) is 3.99. The molecule has 0 N–H and O–H groups in total. The zero-order valence-electron chi connectivity index (χ0n) is 16.7. The Labute approximate surface area is 173 Å². The quantitative estimate of drug-likeness (QED) is 0.528. The lowest BCUT2D eigenvalue weighted by Gasteiger charge is -2.27. The molecular weight excluding hydrogens is 380 g/mol. The van der Waals surface area contributed by atoms with E-state index in [-0.39, 0.29) is 11.5 Å². The van der Waals surface area contributed by atoms with E-state index in [0.717, 1.165) is 11.1 Å². The maximum Gasteiger partial charge on any atom is 0.270 e. The van der Waals surface area contributed by atoms with Crippen LogP contribution in [-0.4, -0.2) is 51.1 Å². The van der Waals surface area contributed by atoms with Gasteiger partial charge in [0.05, 0.1) is 18.6 Å². The largest absolute Gasteiger partial charge is 0.378 e. The fraction of sp³-hybridized carbons (Fsp3) is 0.261. The molecule has 0 spiro atoms. The van der Waals surface area contributed by atoms with E-state index in [1.807, 2.05) is 54.0 Å². The normalized spacial score (nSPS) is 14.5. The molecule has 0 unspecified atom stereocenters. The van der Waals surface area contributed by atoms with E-state index in [4.69, 9.17) is 9.72 Å². The Hall–Kier alpha value is -3.45. The van der Waals surface area contributed by atoms with Crippen molar-refractivity contribution in [1.82, 2.24) is 18.9 Å². The van der Waals surface area contributed by atoms with Crippen molar-refractivity contribution in [2.24, 2.45) is 0 Å². The van der Waals surface area contributed by atoms with Crippen molar-refractivity contribution in [3.63, 3.8) is 0 Å². The molecule has 0 saturated carbocycles. The minimum atomic E-state index is -0.165. The van der Waals surface area contributed by atoms with Gasteiger partial charge in [0.1, 0.15) is 17.0 Å². The van der Waals surface area contributed by atoms with Crippen LogP contribution in [0.25, 0.3) is 16.7 Å². The third-order valence-electron chi connectivity index (χ3n) is 5.59. The highest BCUT2D eigenvalue weighted by Crippen LogP contribution is 2.21. The minimum absolute atomic E-state index is 0.0996. The van der Waals surface area contributed by atoms with Gasteiger partial charge in [0.2, 0.25) is 0 Å². The first-order valence-electron chi connectivity index (χ1n) is 10.1. The summed E-state index contributed by atoms with van der Waals surface area (Å²) in [5.41, 5.74) is 3.40. The Morgan fingerprint density at radius 1 is 1.07 bits per heavy atom. The van der Waals surface area contributed by atoms with E-state index in [2.05, 4.69) is 0 Å². The SMILES string of the molecule is Cc1cccn2c(=O)c3cc(C(=O)N4CCOCC4)n(Cc4ccccc4)c3nc12. The number of carbonyl (C=O) groups excluding carboxylic acids is 1. The summed E-state index contributed by atoms with van der Waals surface area (Å²) >= 11 is 0. The molecule has 5 rings (SSSR count). The molecule has 1 fully saturated rings. The van der Waals surface area contributed by atoms with Gasteiger partial charge in [0.15, 0.2) is 0 Å². The van der Waals surface area contributed by atoms with Gasteiger partial charge in [-0.15, -0.1) is 0 Å². The van der Waals surface area contributed by atoms with Crippen LogP contribution < -0.4 is 5.56 Å². The van der Waals surface area contributed by atoms with Crippen LogP contribution in [0.1, 0.15) is 21.6 Å². The van der Waals surface area contributed by atoms with Crippen molar-refractivity contribution in [1.29, 1.82) is 0 Å². The van der Waals surface area contributed by atoms with Gasteiger partial charge in [-0.25, -0.2) is 4.98 Å². The third-order valence-corrected chi connectivity index (χ3v) is 5.59. The minimum Gasteiger partial charge on any atom is -0.378 e. The Balaban J connectivity index is 1.75. The molecular formula is C23H22N4O3. The van der Waals surface area contributed by atoms with Gasteiger partial charge < -0.3 is 14.2 Å². The molecule has 7 nitrogen and oxygen atoms in total. The highest BCUT2D eigenvalue weighted by atomic mass is 16.5. The highest BCUT2D eigenvalue weighted by molar-refractivity contribution is 5.98. The molecule has 3 aromatic heterocycles. The van der Waals surface area contributed by atoms with Gasteiger partial charge >= 0.3 is 0 Å². The van der Waals surface area contributed by atoms with Crippen molar-refractivity contribution in [3.8, 4) is 0 Å². The average Bonchev–Trinajstić information content (AvgIpc) is 3.14. The number of aromatic nitrogens is 3. The van der Waals surface area contributed by atoms with Crippen LogP contribution in [-0.2, 0) is 11.3 Å². The molecule has 152 valence electrons. The lowest BCUT2D eigenvalue weighted by molar-refractivity contribution is 0.0296. The molecule has 0 radical (unpaired) electrons. The molecule has 4 aromatic rings. The van der Waals surface area contributed by atoms with Gasteiger partial charge in [-0.3, -0.25) is 14.0 Å². The lowest BCUT2D eigenvalue weighted by atomic mass is 10.2. The van der Waals surface area contributed by atoms with Crippen LogP contribution in [0, 0.1) is 6.92 Å². The first kappa shape index (κ1) is 18.6. The molecule has 1 saturated heterocycles. The summed E-state index contributed by atoms with van der Waals surface area (Å²) in [6, 6.07) is 15.4. The summed E-state index contributed by atoms with van der Waals surface area (Å²) in [4.78, 5) is 33.2. The number of rotatable bonds is 3. The van der Waals surface area contributed by atoms with E-state index < -0.39 is 0 Å². The van der Waals surface area contributed by atoms with E-state index in [1.54, 1.807) is 21.6 Å². The van der Waals surface area contributed by atoms with Crippen LogP contribution in [0.3, 0.4) is 0 Å². The lowest BCUT2D eigenvalue weighted by Crippen LogP contribution is -2.41. The molecule has 1 aromatic carbocycles. The number of ether oxygens (including phenoxy) is 1. The van der Waals surface area contributed by atoms with Crippen molar-refractivity contribution >= 4 is 22.6 Å². The molecule has 1 aliphatic rings. The fourth-order valence-electron chi connectivity index (χ4n) is 3.99. The van der Waals surface area contributed by atoms with Gasteiger partial charge in [-0.2, -0.15) is 0 Å². The smallest absolute Gasteiger partial charge is 0.270 e. The Morgan fingerprint density at radius 2 is 1.83 bits per heavy atom. The van der Waals surface area contributed by atoms with Gasteiger partial charge in [0.25, 0.3) is 11.5 Å². The predicted molar refractivity (Wildman–Crippen MR) is 114 cm³/mol. The molecule has 4 heterocycles. The van der Waals surface area contributed by atoms with E-state index in [9.17, 15) is 9.59 Å². The van der Waals surface area contributed by atoms with Crippen molar-refractivity contribution < 1.29 is 9.53 Å². The van der Waals surface area contributed by atoms with Gasteiger partial charge in [-0.1, -0.05) is 36.4 Å². The van der Waals surface area contributed by atoms with Crippen LogP contribution in [0.5, 0.6) is 0 Å². The molecule has 1 aliphatic heterocycles. The number of pyridine rings is 1. The molecule has 7 heteroatoms. The molecule has 30 heavy (non-hydrogen) atoms. The number of benzene rings is 1. The number of nitrogens with zero attached hydrogens (tertiary/aromatic N) is 4. The van der Waals surface area contributed by atoms with Gasteiger partial charge in [-0.05, 0) is 30.2 Å². The number of amides is 1. The average molecular weight is 402 g/mol. The second kappa shape index (κ2) is 7.42. The van der Waals surface area contributed by atoms with Gasteiger partial charge in [0, 0.05) is 25.8 Å². The molecule has 0 atom stereocenters. The second-order valence-electron chi connectivity index (χ2n) is 7.54. The number of fused-ring (bicyclic) bond motifs is 2. The summed E-state index contributed by atoms with van der Waals surface area (Å²) in [6.45, 7) is 4.52. The summed E-state index contributed by atoms with van der Waals surface area (Å²) in [7, 11) is 0. The topological polar surface area (TPSA) is 68.8 Å². The monoisotopic (exact) mass is 402 g/mol. The van der Waals surface area contributed by atoms with Crippen molar-refractivity contribution in [2.45, 2.75) is 13.5 Å². The third kappa shape index (κ3) is 3.07. The Kier molecular flexibility index (Phi) is 4.59. The van der Waals surface area contributed by atoms with Crippen LogP contribution in [0.15, 0.2) is 59.5 Å². The van der Waals surface area contributed by atoms with E-state index in [0.29, 0.717) is 55.2 Å². The summed E-state index contributed by atoms with van der Waals surface area (Å²) in [6.07, 6.45) is 1.72. The summed E-state index contributed by atoms with van der Waals surface area (Å²) in [5.74, 6) is -0.0996. The molecule has 1 amide bonds. The van der Waals surface area contributed by atoms with Crippen LogP contribution in [0.4, 0.5) is 0 Å². The van der Waals surface area contributed by atoms with Crippen molar-refractivity contribution in [3.05, 3.63) is 81.9 Å². The Bertz CT molecular complexity index is 1300. The second-order valence-corrected chi connectivity index (χ2v) is 7.54. The maximum atomic E-state index is 13.4. The van der Waals surface area contributed by atoms with Crippen molar-refractivity contribution in [2.75, 3.05) is 26.3 Å². The highest BCUT2D eigenvalue weighted by Gasteiger charge is 2.25. The number of hydrogen-bond acceptors (Lipinski definition) is 4.